The second-order valence-electron chi connectivity index (χ2n) is 8.42. The van der Waals surface area contributed by atoms with Crippen LogP contribution in [-0.2, 0) is 27.6 Å². The molecule has 0 spiro atoms. The molecule has 0 aliphatic carbocycles. The van der Waals surface area contributed by atoms with Gasteiger partial charge in [0.2, 0.25) is 5.91 Å². The van der Waals surface area contributed by atoms with Gasteiger partial charge in [0.15, 0.2) is 15.0 Å². The van der Waals surface area contributed by atoms with Gasteiger partial charge < -0.3 is 0 Å². The number of carbonyl (C=O) groups excluding carboxylic acids is 1. The lowest BCUT2D eigenvalue weighted by Gasteiger charge is -2.20. The predicted molar refractivity (Wildman–Crippen MR) is 139 cm³/mol. The highest BCUT2D eigenvalue weighted by Crippen LogP contribution is 2.36. The van der Waals surface area contributed by atoms with Crippen molar-refractivity contribution in [3.63, 3.8) is 0 Å². The summed E-state index contributed by atoms with van der Waals surface area (Å²) in [5, 5.41) is 0.688. The highest BCUT2D eigenvalue weighted by atomic mass is 35.5. The number of sulfone groups is 1. The standard InChI is InChI=1S/C26H25ClN2O3S2/c1-17(2)34(31,32)21-12-10-19(11-13-21)15-23(30)29(16-20-7-5-4-6-8-20)26-28-24-18(3)9-14-22(27)25(24)33-26/h4-14,17H,15-16H2,1-3H3. The van der Waals surface area contributed by atoms with Gasteiger partial charge in [-0.2, -0.15) is 0 Å². The van der Waals surface area contributed by atoms with Crippen molar-refractivity contribution >= 4 is 54.0 Å². The Hall–Kier alpha value is -2.74. The summed E-state index contributed by atoms with van der Waals surface area (Å²) in [6, 6.07) is 20.1. The molecule has 1 heterocycles. The Balaban J connectivity index is 1.66. The topological polar surface area (TPSA) is 67.3 Å². The molecule has 0 atom stereocenters. The van der Waals surface area contributed by atoms with Gasteiger partial charge in [-0.3, -0.25) is 9.69 Å². The molecule has 34 heavy (non-hydrogen) atoms. The molecule has 0 saturated carbocycles. The number of thiazole rings is 1. The first-order chi connectivity index (χ1) is 16.2. The number of anilines is 1. The number of amides is 1. The molecular formula is C26H25ClN2O3S2. The van der Waals surface area contributed by atoms with Crippen molar-refractivity contribution in [2.45, 2.75) is 43.9 Å². The third-order valence-electron chi connectivity index (χ3n) is 5.63. The zero-order valence-corrected chi connectivity index (χ0v) is 21.5. The molecule has 4 aromatic rings. The summed E-state index contributed by atoms with van der Waals surface area (Å²) in [4.78, 5) is 20.2. The maximum atomic E-state index is 13.5. The number of fused-ring (bicyclic) bond motifs is 1. The molecule has 0 aliphatic heterocycles. The van der Waals surface area contributed by atoms with Crippen LogP contribution in [0.25, 0.3) is 10.2 Å². The second kappa shape index (κ2) is 9.86. The van der Waals surface area contributed by atoms with Crippen molar-refractivity contribution < 1.29 is 13.2 Å². The Kier molecular flexibility index (Phi) is 7.07. The predicted octanol–water partition coefficient (Wildman–Crippen LogP) is 6.22. The number of benzene rings is 3. The van der Waals surface area contributed by atoms with Crippen molar-refractivity contribution in [3.8, 4) is 0 Å². The van der Waals surface area contributed by atoms with Crippen LogP contribution in [0.4, 0.5) is 5.13 Å². The largest absolute Gasteiger partial charge is 0.283 e. The van der Waals surface area contributed by atoms with Gasteiger partial charge in [0.1, 0.15) is 0 Å². The van der Waals surface area contributed by atoms with Crippen LogP contribution in [0.15, 0.2) is 71.6 Å². The fraction of sp³-hybridized carbons (Fsp3) is 0.231. The third kappa shape index (κ3) is 5.02. The van der Waals surface area contributed by atoms with Gasteiger partial charge in [0.05, 0.1) is 38.4 Å². The molecule has 0 radical (unpaired) electrons. The summed E-state index contributed by atoms with van der Waals surface area (Å²) in [7, 11) is -3.36. The number of hydrogen-bond acceptors (Lipinski definition) is 5. The lowest BCUT2D eigenvalue weighted by Crippen LogP contribution is -2.31. The molecule has 0 aliphatic rings. The number of aromatic nitrogens is 1. The van der Waals surface area contributed by atoms with Crippen LogP contribution in [0.5, 0.6) is 0 Å². The first-order valence-corrected chi connectivity index (χ1v) is 13.6. The molecule has 1 aromatic heterocycles. The van der Waals surface area contributed by atoms with Gasteiger partial charge in [-0.15, -0.1) is 0 Å². The lowest BCUT2D eigenvalue weighted by molar-refractivity contribution is -0.118. The number of nitrogens with zero attached hydrogens (tertiary/aromatic N) is 2. The van der Waals surface area contributed by atoms with Crippen molar-refractivity contribution in [2.75, 3.05) is 4.90 Å². The molecule has 0 bridgehead atoms. The van der Waals surface area contributed by atoms with Gasteiger partial charge in [-0.25, -0.2) is 13.4 Å². The summed E-state index contributed by atoms with van der Waals surface area (Å²) < 4.78 is 25.7. The van der Waals surface area contributed by atoms with Crippen molar-refractivity contribution in [1.29, 1.82) is 0 Å². The maximum Gasteiger partial charge on any atom is 0.233 e. The Morgan fingerprint density at radius 1 is 1.00 bits per heavy atom. The van der Waals surface area contributed by atoms with E-state index in [1.807, 2.05) is 49.4 Å². The van der Waals surface area contributed by atoms with E-state index in [4.69, 9.17) is 16.6 Å². The molecular weight excluding hydrogens is 488 g/mol. The minimum absolute atomic E-state index is 0.122. The van der Waals surface area contributed by atoms with Crippen molar-refractivity contribution in [1.82, 2.24) is 4.98 Å². The lowest BCUT2D eigenvalue weighted by atomic mass is 10.1. The van der Waals surface area contributed by atoms with Gasteiger partial charge in [-0.05, 0) is 55.7 Å². The van der Waals surface area contributed by atoms with E-state index in [0.717, 1.165) is 26.9 Å². The summed E-state index contributed by atoms with van der Waals surface area (Å²) in [5.74, 6) is -0.129. The number of hydrogen-bond donors (Lipinski definition) is 0. The minimum atomic E-state index is -3.36. The normalized spacial score (nSPS) is 11.8. The van der Waals surface area contributed by atoms with E-state index in [9.17, 15) is 13.2 Å². The summed E-state index contributed by atoms with van der Waals surface area (Å²) >= 11 is 7.80. The van der Waals surface area contributed by atoms with Gasteiger partial charge in [-0.1, -0.05) is 71.5 Å². The Morgan fingerprint density at radius 2 is 1.68 bits per heavy atom. The van der Waals surface area contributed by atoms with Crippen LogP contribution in [-0.4, -0.2) is 24.6 Å². The fourth-order valence-electron chi connectivity index (χ4n) is 3.57. The number of rotatable bonds is 7. The van der Waals surface area contributed by atoms with Gasteiger partial charge in [0, 0.05) is 0 Å². The maximum absolute atomic E-state index is 13.5. The van der Waals surface area contributed by atoms with Crippen LogP contribution < -0.4 is 4.90 Å². The molecule has 5 nitrogen and oxygen atoms in total. The zero-order chi connectivity index (χ0) is 24.5. The van der Waals surface area contributed by atoms with E-state index in [0.29, 0.717) is 16.7 Å². The Morgan fingerprint density at radius 3 is 2.29 bits per heavy atom. The summed E-state index contributed by atoms with van der Waals surface area (Å²) in [6.07, 6.45) is 0.122. The Labute approximate surface area is 208 Å². The number of carbonyl (C=O) groups is 1. The Bertz CT molecular complexity index is 1390. The van der Waals surface area contributed by atoms with Gasteiger partial charge in [0.25, 0.3) is 0 Å². The van der Waals surface area contributed by atoms with Crippen LogP contribution in [0.1, 0.15) is 30.5 Å². The van der Waals surface area contributed by atoms with Crippen molar-refractivity contribution in [3.05, 3.63) is 88.4 Å². The quantitative estimate of drug-likeness (QED) is 0.295. The van der Waals surface area contributed by atoms with Gasteiger partial charge >= 0.3 is 0 Å². The molecule has 0 unspecified atom stereocenters. The van der Waals surface area contributed by atoms with Crippen LogP contribution in [0, 0.1) is 6.92 Å². The molecule has 0 N–H and O–H groups in total. The number of aryl methyl sites for hydroxylation is 1. The molecule has 0 saturated heterocycles. The first-order valence-electron chi connectivity index (χ1n) is 10.9. The van der Waals surface area contributed by atoms with E-state index in [1.165, 1.54) is 11.3 Å². The highest BCUT2D eigenvalue weighted by Gasteiger charge is 2.23. The second-order valence-corrected chi connectivity index (χ2v) is 12.3. The average molecular weight is 513 g/mol. The van der Waals surface area contributed by atoms with E-state index >= 15 is 0 Å². The summed E-state index contributed by atoms with van der Waals surface area (Å²) in [6.45, 7) is 5.65. The van der Waals surface area contributed by atoms with Crippen LogP contribution >= 0.6 is 22.9 Å². The third-order valence-corrected chi connectivity index (χ3v) is 9.34. The highest BCUT2D eigenvalue weighted by molar-refractivity contribution is 7.92. The first kappa shape index (κ1) is 24.4. The number of halogens is 1. The van der Waals surface area contributed by atoms with E-state index in [1.54, 1.807) is 43.0 Å². The van der Waals surface area contributed by atoms with Crippen LogP contribution in [0.2, 0.25) is 5.02 Å². The molecule has 0 fully saturated rings. The smallest absolute Gasteiger partial charge is 0.233 e. The fourth-order valence-corrected chi connectivity index (χ4v) is 5.97. The zero-order valence-electron chi connectivity index (χ0n) is 19.2. The van der Waals surface area contributed by atoms with E-state index in [2.05, 4.69) is 0 Å². The average Bonchev–Trinajstić information content (AvgIpc) is 3.27. The molecule has 1 amide bonds. The SMILES string of the molecule is Cc1ccc(Cl)c2sc(N(Cc3ccccc3)C(=O)Cc3ccc(S(=O)(=O)C(C)C)cc3)nc12. The summed E-state index contributed by atoms with van der Waals surface area (Å²) in [5.41, 5.74) is 3.51. The molecule has 4 rings (SSSR count). The van der Waals surface area contributed by atoms with E-state index < -0.39 is 15.1 Å². The monoisotopic (exact) mass is 512 g/mol. The van der Waals surface area contributed by atoms with Crippen molar-refractivity contribution in [2.24, 2.45) is 0 Å². The van der Waals surface area contributed by atoms with Crippen LogP contribution in [0.3, 0.4) is 0 Å². The van der Waals surface area contributed by atoms with E-state index in [-0.39, 0.29) is 17.2 Å². The molecule has 176 valence electrons. The molecule has 3 aromatic carbocycles. The molecule has 8 heteroatoms. The minimum Gasteiger partial charge on any atom is -0.283 e.